The van der Waals surface area contributed by atoms with Gasteiger partial charge in [0.25, 0.3) is 0 Å². The molecule has 140 valence electrons. The zero-order valence-electron chi connectivity index (χ0n) is 14.4. The smallest absolute Gasteiger partial charge is 0.435 e. The van der Waals surface area contributed by atoms with Gasteiger partial charge in [0.05, 0.1) is 6.54 Å². The van der Waals surface area contributed by atoms with Crippen molar-refractivity contribution in [2.24, 2.45) is 5.92 Å². The first kappa shape index (κ1) is 17.2. The van der Waals surface area contributed by atoms with Gasteiger partial charge in [0, 0.05) is 18.2 Å². The summed E-state index contributed by atoms with van der Waals surface area (Å²) < 4.78 is 44.8. The van der Waals surface area contributed by atoms with E-state index in [4.69, 9.17) is 4.42 Å². The van der Waals surface area contributed by atoms with Gasteiger partial charge in [-0.2, -0.15) is 18.3 Å². The van der Waals surface area contributed by atoms with Crippen LogP contribution < -0.4 is 0 Å². The van der Waals surface area contributed by atoms with E-state index in [1.54, 1.807) is 4.90 Å². The Balaban J connectivity index is 1.42. The minimum Gasteiger partial charge on any atom is -0.464 e. The molecule has 1 amide bonds. The van der Waals surface area contributed by atoms with Crippen LogP contribution in [0.5, 0.6) is 0 Å². The maximum atomic E-state index is 12.6. The zero-order valence-corrected chi connectivity index (χ0v) is 14.4. The minimum absolute atomic E-state index is 0.133. The van der Waals surface area contributed by atoms with Crippen LogP contribution in [-0.2, 0) is 24.1 Å². The Bertz CT molecular complexity index is 807. The minimum atomic E-state index is -4.50. The lowest BCUT2D eigenvalue weighted by atomic mass is 10.3. The standard InChI is InChI=1S/C18H20F3N3O2/c1-11-8-14(11)15-5-4-13(26-15)9-24(12-2-3-12)17(25)10-23-7-6-16(22-23)18(19,20)21/h4-7,11-12,14H,2-3,8-10H2,1H3. The predicted octanol–water partition coefficient (Wildman–Crippen LogP) is 3.81. The third kappa shape index (κ3) is 3.64. The van der Waals surface area contributed by atoms with Gasteiger partial charge in [-0.3, -0.25) is 9.48 Å². The highest BCUT2D eigenvalue weighted by atomic mass is 19.4. The lowest BCUT2D eigenvalue weighted by Crippen LogP contribution is -2.35. The average Bonchev–Trinajstić information content (AvgIpc) is 3.43. The summed E-state index contributed by atoms with van der Waals surface area (Å²) in [5.41, 5.74) is -0.988. The lowest BCUT2D eigenvalue weighted by Gasteiger charge is -2.21. The third-order valence-electron chi connectivity index (χ3n) is 5.02. The van der Waals surface area contributed by atoms with Crippen LogP contribution in [0.1, 0.15) is 49.3 Å². The Morgan fingerprint density at radius 2 is 2.08 bits per heavy atom. The highest BCUT2D eigenvalue weighted by Crippen LogP contribution is 2.47. The molecule has 2 atom stereocenters. The molecule has 26 heavy (non-hydrogen) atoms. The van der Waals surface area contributed by atoms with Crippen molar-refractivity contribution >= 4 is 5.91 Å². The van der Waals surface area contributed by atoms with Crippen molar-refractivity contribution < 1.29 is 22.4 Å². The number of carbonyl (C=O) groups is 1. The van der Waals surface area contributed by atoms with Gasteiger partial charge in [0.15, 0.2) is 5.69 Å². The summed E-state index contributed by atoms with van der Waals surface area (Å²) in [6.07, 6.45) is -0.378. The molecule has 2 fully saturated rings. The second-order valence-electron chi connectivity index (χ2n) is 7.27. The summed E-state index contributed by atoms with van der Waals surface area (Å²) in [5.74, 6) is 2.53. The van der Waals surface area contributed by atoms with Gasteiger partial charge in [0.1, 0.15) is 18.1 Å². The first-order chi connectivity index (χ1) is 12.3. The topological polar surface area (TPSA) is 51.3 Å². The van der Waals surface area contributed by atoms with Crippen LogP contribution in [-0.4, -0.2) is 26.6 Å². The fourth-order valence-corrected chi connectivity index (χ4v) is 3.20. The fraction of sp³-hybridized carbons (Fsp3) is 0.556. The molecule has 0 saturated heterocycles. The van der Waals surface area contributed by atoms with Crippen LogP contribution in [0.15, 0.2) is 28.8 Å². The SMILES string of the molecule is CC1CC1c1ccc(CN(C(=O)Cn2ccc(C(F)(F)F)n2)C2CC2)o1. The Labute approximate surface area is 148 Å². The highest BCUT2D eigenvalue weighted by Gasteiger charge is 2.38. The molecule has 2 aliphatic rings. The van der Waals surface area contributed by atoms with Gasteiger partial charge in [0.2, 0.25) is 5.91 Å². The van der Waals surface area contributed by atoms with Crippen LogP contribution in [0.3, 0.4) is 0 Å². The van der Waals surface area contributed by atoms with Gasteiger partial charge >= 0.3 is 6.18 Å². The molecule has 2 unspecified atom stereocenters. The van der Waals surface area contributed by atoms with E-state index in [0.29, 0.717) is 18.4 Å². The first-order valence-electron chi connectivity index (χ1n) is 8.80. The molecule has 5 nitrogen and oxygen atoms in total. The molecule has 4 rings (SSSR count). The number of aromatic nitrogens is 2. The summed E-state index contributed by atoms with van der Waals surface area (Å²) in [7, 11) is 0. The lowest BCUT2D eigenvalue weighted by molar-refractivity contribution is -0.142. The third-order valence-corrected chi connectivity index (χ3v) is 5.02. The number of furan rings is 1. The number of rotatable bonds is 6. The molecule has 0 radical (unpaired) electrons. The molecule has 2 aliphatic carbocycles. The fourth-order valence-electron chi connectivity index (χ4n) is 3.20. The van der Waals surface area contributed by atoms with E-state index in [9.17, 15) is 18.0 Å². The van der Waals surface area contributed by atoms with Crippen molar-refractivity contribution in [3.63, 3.8) is 0 Å². The monoisotopic (exact) mass is 367 g/mol. The summed E-state index contributed by atoms with van der Waals surface area (Å²) in [6.45, 7) is 2.31. The Morgan fingerprint density at radius 1 is 1.35 bits per heavy atom. The van der Waals surface area contributed by atoms with Gasteiger partial charge in [-0.25, -0.2) is 0 Å². The van der Waals surface area contributed by atoms with E-state index in [-0.39, 0.29) is 18.5 Å². The number of hydrogen-bond donors (Lipinski definition) is 0. The number of nitrogens with zero attached hydrogens (tertiary/aromatic N) is 3. The second kappa shape index (κ2) is 6.17. The average molecular weight is 367 g/mol. The van der Waals surface area contributed by atoms with E-state index in [1.807, 2.05) is 12.1 Å². The molecule has 0 aromatic carbocycles. The van der Waals surface area contributed by atoms with E-state index < -0.39 is 11.9 Å². The van der Waals surface area contributed by atoms with Crippen molar-refractivity contribution in [2.75, 3.05) is 0 Å². The maximum Gasteiger partial charge on any atom is 0.435 e. The molecule has 0 N–H and O–H groups in total. The van der Waals surface area contributed by atoms with Gasteiger partial charge < -0.3 is 9.32 Å². The maximum absolute atomic E-state index is 12.6. The first-order valence-corrected chi connectivity index (χ1v) is 8.80. The molecule has 8 heteroatoms. The van der Waals surface area contributed by atoms with E-state index in [2.05, 4.69) is 12.0 Å². The largest absolute Gasteiger partial charge is 0.464 e. The van der Waals surface area contributed by atoms with Crippen molar-refractivity contribution in [2.45, 2.75) is 57.4 Å². The normalized spacial score (nSPS) is 22.5. The molecular formula is C18H20F3N3O2. The van der Waals surface area contributed by atoms with Crippen molar-refractivity contribution in [1.82, 2.24) is 14.7 Å². The molecule has 2 heterocycles. The van der Waals surface area contributed by atoms with Gasteiger partial charge in [-0.05, 0) is 43.4 Å². The molecule has 0 spiro atoms. The second-order valence-corrected chi connectivity index (χ2v) is 7.27. The number of carbonyl (C=O) groups excluding carboxylic acids is 1. The van der Waals surface area contributed by atoms with E-state index in [0.717, 1.165) is 41.5 Å². The highest BCUT2D eigenvalue weighted by molar-refractivity contribution is 5.76. The molecule has 0 aliphatic heterocycles. The van der Waals surface area contributed by atoms with E-state index >= 15 is 0 Å². The van der Waals surface area contributed by atoms with Crippen LogP contribution in [0.4, 0.5) is 13.2 Å². The molecule has 0 bridgehead atoms. The van der Waals surface area contributed by atoms with E-state index in [1.165, 1.54) is 6.20 Å². The van der Waals surface area contributed by atoms with Crippen LogP contribution in [0, 0.1) is 5.92 Å². The van der Waals surface area contributed by atoms with Gasteiger partial charge in [-0.15, -0.1) is 0 Å². The van der Waals surface area contributed by atoms with Crippen LogP contribution >= 0.6 is 0 Å². The quantitative estimate of drug-likeness (QED) is 0.780. The van der Waals surface area contributed by atoms with Gasteiger partial charge in [-0.1, -0.05) is 6.92 Å². The Hall–Kier alpha value is -2.25. The summed E-state index contributed by atoms with van der Waals surface area (Å²) in [6, 6.07) is 4.86. The molecule has 2 aromatic heterocycles. The van der Waals surface area contributed by atoms with Crippen molar-refractivity contribution in [3.05, 3.63) is 41.6 Å². The van der Waals surface area contributed by atoms with Crippen LogP contribution in [0.25, 0.3) is 0 Å². The molecule has 2 aromatic rings. The van der Waals surface area contributed by atoms with Crippen LogP contribution in [0.2, 0.25) is 0 Å². The summed E-state index contributed by atoms with van der Waals surface area (Å²) in [5, 5.41) is 3.46. The number of hydrogen-bond acceptors (Lipinski definition) is 3. The summed E-state index contributed by atoms with van der Waals surface area (Å²) >= 11 is 0. The zero-order chi connectivity index (χ0) is 18.5. The molecule has 2 saturated carbocycles. The Morgan fingerprint density at radius 3 is 2.65 bits per heavy atom. The number of amides is 1. The Kier molecular flexibility index (Phi) is 4.08. The summed E-state index contributed by atoms with van der Waals surface area (Å²) in [4.78, 5) is 14.3. The van der Waals surface area contributed by atoms with Crippen molar-refractivity contribution in [3.8, 4) is 0 Å². The van der Waals surface area contributed by atoms with Crippen molar-refractivity contribution in [1.29, 1.82) is 0 Å². The number of halogens is 3. The predicted molar refractivity (Wildman–Crippen MR) is 86.0 cm³/mol. The number of alkyl halides is 3. The molecular weight excluding hydrogens is 347 g/mol.